The van der Waals surface area contributed by atoms with Crippen molar-refractivity contribution >= 4 is 5.91 Å². The van der Waals surface area contributed by atoms with Crippen LogP contribution in [0.3, 0.4) is 0 Å². The quantitative estimate of drug-likeness (QED) is 0.693. The molecule has 28 heavy (non-hydrogen) atoms. The second-order valence-corrected chi connectivity index (χ2v) is 7.63. The van der Waals surface area contributed by atoms with Gasteiger partial charge in [-0.3, -0.25) is 9.78 Å². The van der Waals surface area contributed by atoms with E-state index in [1.165, 1.54) is 11.1 Å². The van der Waals surface area contributed by atoms with E-state index < -0.39 is 0 Å². The van der Waals surface area contributed by atoms with Crippen molar-refractivity contribution in [3.8, 4) is 0 Å². The molecule has 2 aromatic heterocycles. The van der Waals surface area contributed by atoms with E-state index in [1.807, 2.05) is 12.3 Å². The predicted molar refractivity (Wildman–Crippen MR) is 104 cm³/mol. The lowest BCUT2D eigenvalue weighted by atomic mass is 9.87. The molecular formula is C22H23N5O. The van der Waals surface area contributed by atoms with Gasteiger partial charge in [0.15, 0.2) is 0 Å². The Morgan fingerprint density at radius 1 is 1.04 bits per heavy atom. The number of carbonyl (C=O) groups is 1. The Morgan fingerprint density at radius 2 is 1.96 bits per heavy atom. The zero-order valence-electron chi connectivity index (χ0n) is 15.7. The third kappa shape index (κ3) is 2.99. The van der Waals surface area contributed by atoms with Crippen LogP contribution in [0.2, 0.25) is 0 Å². The molecule has 6 nitrogen and oxygen atoms in total. The molecule has 0 spiro atoms. The molecule has 142 valence electrons. The molecular weight excluding hydrogens is 350 g/mol. The van der Waals surface area contributed by atoms with E-state index in [9.17, 15) is 4.79 Å². The number of hydrogen-bond donors (Lipinski definition) is 0. The molecule has 0 aliphatic carbocycles. The molecule has 2 unspecified atom stereocenters. The number of rotatable bonds is 2. The summed E-state index contributed by atoms with van der Waals surface area (Å²) < 4.78 is 2.08. The first-order chi connectivity index (χ1) is 13.8. The zero-order chi connectivity index (χ0) is 18.9. The third-order valence-corrected chi connectivity index (χ3v) is 6.05. The van der Waals surface area contributed by atoms with Gasteiger partial charge in [0.25, 0.3) is 0 Å². The highest BCUT2D eigenvalue weighted by Gasteiger charge is 2.35. The Labute approximate surface area is 164 Å². The zero-order valence-corrected chi connectivity index (χ0v) is 15.7. The monoisotopic (exact) mass is 373 g/mol. The largest absolute Gasteiger partial charge is 0.331 e. The third-order valence-electron chi connectivity index (χ3n) is 6.05. The highest BCUT2D eigenvalue weighted by atomic mass is 16.2. The van der Waals surface area contributed by atoms with E-state index in [1.54, 1.807) is 12.5 Å². The average molecular weight is 373 g/mol. The number of carbonyl (C=O) groups excluding carboxylic acids is 1. The van der Waals surface area contributed by atoms with Crippen molar-refractivity contribution in [1.82, 2.24) is 24.6 Å². The normalized spacial score (nSPS) is 21.5. The van der Waals surface area contributed by atoms with E-state index in [0.29, 0.717) is 0 Å². The number of hydrogen-bond acceptors (Lipinski definition) is 4. The first kappa shape index (κ1) is 17.1. The first-order valence-corrected chi connectivity index (χ1v) is 9.96. The summed E-state index contributed by atoms with van der Waals surface area (Å²) in [5, 5.41) is 8.19. The number of fused-ring (bicyclic) bond motifs is 2. The number of benzene rings is 1. The van der Waals surface area contributed by atoms with Crippen LogP contribution in [-0.2, 0) is 24.2 Å². The van der Waals surface area contributed by atoms with Crippen molar-refractivity contribution in [2.75, 3.05) is 6.54 Å². The van der Waals surface area contributed by atoms with Gasteiger partial charge in [-0.1, -0.05) is 30.3 Å². The van der Waals surface area contributed by atoms with E-state index in [4.69, 9.17) is 0 Å². The van der Waals surface area contributed by atoms with Crippen LogP contribution in [0.25, 0.3) is 0 Å². The highest BCUT2D eigenvalue weighted by Crippen LogP contribution is 2.36. The maximum Gasteiger partial charge on any atom is 0.226 e. The lowest BCUT2D eigenvalue weighted by Gasteiger charge is -2.39. The molecule has 2 atom stereocenters. The summed E-state index contributed by atoms with van der Waals surface area (Å²) in [6.45, 7) is 1.55. The van der Waals surface area contributed by atoms with Gasteiger partial charge in [-0.05, 0) is 42.0 Å². The topological polar surface area (TPSA) is 63.9 Å². The minimum atomic E-state index is -0.0619. The summed E-state index contributed by atoms with van der Waals surface area (Å²) >= 11 is 0. The van der Waals surface area contributed by atoms with E-state index in [-0.39, 0.29) is 17.9 Å². The van der Waals surface area contributed by atoms with Crippen molar-refractivity contribution in [3.63, 3.8) is 0 Å². The lowest BCUT2D eigenvalue weighted by molar-refractivity contribution is -0.138. The molecule has 2 aliphatic heterocycles. The van der Waals surface area contributed by atoms with Crippen LogP contribution in [0.1, 0.15) is 41.4 Å². The molecule has 1 amide bonds. The molecule has 0 saturated heterocycles. The van der Waals surface area contributed by atoms with Crippen LogP contribution >= 0.6 is 0 Å². The summed E-state index contributed by atoms with van der Waals surface area (Å²) in [6.07, 6.45) is 8.82. The summed E-state index contributed by atoms with van der Waals surface area (Å²) in [5.74, 6) is 1.26. The van der Waals surface area contributed by atoms with Crippen molar-refractivity contribution in [2.45, 2.75) is 38.3 Å². The Kier molecular flexibility index (Phi) is 4.39. The second-order valence-electron chi connectivity index (χ2n) is 7.63. The smallest absolute Gasteiger partial charge is 0.226 e. The van der Waals surface area contributed by atoms with Gasteiger partial charge in [-0.25, -0.2) is 0 Å². The molecule has 2 aliphatic rings. The van der Waals surface area contributed by atoms with Crippen LogP contribution in [-0.4, -0.2) is 37.1 Å². The molecule has 0 fully saturated rings. The maximum absolute atomic E-state index is 13.6. The van der Waals surface area contributed by atoms with Crippen LogP contribution in [0.15, 0.2) is 55.1 Å². The molecule has 0 N–H and O–H groups in total. The van der Waals surface area contributed by atoms with Crippen molar-refractivity contribution in [2.24, 2.45) is 5.92 Å². The molecule has 0 saturated carbocycles. The Hall–Kier alpha value is -3.02. The minimum absolute atomic E-state index is 0.0196. The minimum Gasteiger partial charge on any atom is -0.331 e. The van der Waals surface area contributed by atoms with Gasteiger partial charge in [0.1, 0.15) is 12.2 Å². The molecule has 4 heterocycles. The van der Waals surface area contributed by atoms with Gasteiger partial charge in [-0.2, -0.15) is 0 Å². The van der Waals surface area contributed by atoms with Gasteiger partial charge >= 0.3 is 0 Å². The number of amides is 1. The van der Waals surface area contributed by atoms with Gasteiger partial charge in [0.05, 0.1) is 6.04 Å². The van der Waals surface area contributed by atoms with Crippen LogP contribution < -0.4 is 0 Å². The highest BCUT2D eigenvalue weighted by molar-refractivity contribution is 5.80. The van der Waals surface area contributed by atoms with Crippen molar-refractivity contribution in [3.05, 3.63) is 77.6 Å². The standard InChI is InChI=1S/C22H23N5O/c28-22(17-7-8-20-25-24-15-26(20)12-9-17)27-13-10-16-4-1-2-6-19(16)21(27)18-5-3-11-23-14-18/h1-6,11,14-15,17,21H,7-10,12-13H2. The van der Waals surface area contributed by atoms with Crippen LogP contribution in [0.4, 0.5) is 0 Å². The average Bonchev–Trinajstić information content (AvgIpc) is 3.11. The fraction of sp³-hybridized carbons (Fsp3) is 0.364. The summed E-state index contributed by atoms with van der Waals surface area (Å²) in [6, 6.07) is 12.4. The lowest BCUT2D eigenvalue weighted by Crippen LogP contribution is -2.43. The van der Waals surface area contributed by atoms with Gasteiger partial charge in [-0.15, -0.1) is 10.2 Å². The summed E-state index contributed by atoms with van der Waals surface area (Å²) in [4.78, 5) is 20.0. The fourth-order valence-electron chi connectivity index (χ4n) is 4.58. The SMILES string of the molecule is O=C(C1CCc2nncn2CC1)N1CCc2ccccc2C1c1cccnc1. The molecule has 0 bridgehead atoms. The predicted octanol–water partition coefficient (Wildman–Crippen LogP) is 2.80. The van der Waals surface area contributed by atoms with Crippen LogP contribution in [0.5, 0.6) is 0 Å². The Morgan fingerprint density at radius 3 is 2.86 bits per heavy atom. The van der Waals surface area contributed by atoms with Gasteiger partial charge in [0.2, 0.25) is 5.91 Å². The number of aryl methyl sites for hydroxylation is 2. The first-order valence-electron chi connectivity index (χ1n) is 9.96. The fourth-order valence-corrected chi connectivity index (χ4v) is 4.58. The number of nitrogens with zero attached hydrogens (tertiary/aromatic N) is 5. The van der Waals surface area contributed by atoms with Gasteiger partial charge in [0, 0.05) is 37.8 Å². The Bertz CT molecular complexity index is 961. The van der Waals surface area contributed by atoms with Crippen LogP contribution in [0, 0.1) is 5.92 Å². The molecule has 3 aromatic rings. The van der Waals surface area contributed by atoms with Crippen molar-refractivity contribution < 1.29 is 4.79 Å². The molecule has 0 radical (unpaired) electrons. The number of pyridine rings is 1. The van der Waals surface area contributed by atoms with Gasteiger partial charge < -0.3 is 9.47 Å². The van der Waals surface area contributed by atoms with E-state index >= 15 is 0 Å². The number of aromatic nitrogens is 4. The molecule has 5 rings (SSSR count). The van der Waals surface area contributed by atoms with E-state index in [0.717, 1.165) is 50.2 Å². The Balaban J connectivity index is 1.46. The summed E-state index contributed by atoms with van der Waals surface area (Å²) in [5.41, 5.74) is 3.63. The van der Waals surface area contributed by atoms with Crippen molar-refractivity contribution in [1.29, 1.82) is 0 Å². The molecule has 1 aromatic carbocycles. The van der Waals surface area contributed by atoms with E-state index in [2.05, 4.69) is 55.0 Å². The second kappa shape index (κ2) is 7.19. The summed E-state index contributed by atoms with van der Waals surface area (Å²) in [7, 11) is 0. The molecule has 6 heteroatoms. The maximum atomic E-state index is 13.6.